The Bertz CT molecular complexity index is 224. The fourth-order valence-electron chi connectivity index (χ4n) is 1.24. The molecule has 1 heterocycles. The van der Waals surface area contributed by atoms with Gasteiger partial charge in [0.15, 0.2) is 5.79 Å². The summed E-state index contributed by atoms with van der Waals surface area (Å²) in [5.41, 5.74) is 0. The van der Waals surface area contributed by atoms with E-state index in [9.17, 15) is 5.11 Å². The Morgan fingerprint density at radius 2 is 2.31 bits per heavy atom. The van der Waals surface area contributed by atoms with Crippen LogP contribution in [0.2, 0.25) is 0 Å². The van der Waals surface area contributed by atoms with E-state index in [1.807, 2.05) is 13.8 Å². The number of aliphatic hydroxyl groups is 1. The molecule has 1 aliphatic heterocycles. The van der Waals surface area contributed by atoms with Gasteiger partial charge < -0.3 is 14.6 Å². The van der Waals surface area contributed by atoms with Gasteiger partial charge in [-0.25, -0.2) is 0 Å². The van der Waals surface area contributed by atoms with Crippen LogP contribution in [0.3, 0.4) is 0 Å². The Morgan fingerprint density at radius 1 is 1.62 bits per heavy atom. The topological polar surface area (TPSA) is 38.7 Å². The summed E-state index contributed by atoms with van der Waals surface area (Å²) in [5, 5.41) is 9.60. The third-order valence-electron chi connectivity index (χ3n) is 1.95. The first kappa shape index (κ1) is 10.5. The highest BCUT2D eigenvalue weighted by Gasteiger charge is 2.36. The maximum Gasteiger partial charge on any atom is 0.163 e. The standard InChI is InChI=1S/C10H16O3/c1-4-5-6-8(11)9-7-12-10(2,3)13-9/h8-9,11H,6-7H2,1-3H3/t8?,9-/m1/s1. The number of aliphatic hydroxyl groups excluding tert-OH is 1. The zero-order valence-electron chi connectivity index (χ0n) is 8.33. The molecular weight excluding hydrogens is 168 g/mol. The summed E-state index contributed by atoms with van der Waals surface area (Å²) in [5.74, 6) is 4.99. The van der Waals surface area contributed by atoms with Crippen LogP contribution in [0.4, 0.5) is 0 Å². The fourth-order valence-corrected chi connectivity index (χ4v) is 1.24. The lowest BCUT2D eigenvalue weighted by molar-refractivity contribution is -0.150. The van der Waals surface area contributed by atoms with E-state index < -0.39 is 11.9 Å². The molecule has 0 aromatic rings. The van der Waals surface area contributed by atoms with Crippen molar-refractivity contribution in [1.29, 1.82) is 0 Å². The molecule has 74 valence electrons. The average Bonchev–Trinajstić information content (AvgIpc) is 2.42. The van der Waals surface area contributed by atoms with Crippen molar-refractivity contribution in [2.75, 3.05) is 6.61 Å². The minimum Gasteiger partial charge on any atom is -0.389 e. The van der Waals surface area contributed by atoms with Gasteiger partial charge in [0.1, 0.15) is 6.10 Å². The van der Waals surface area contributed by atoms with E-state index in [1.165, 1.54) is 0 Å². The van der Waals surface area contributed by atoms with Gasteiger partial charge in [-0.15, -0.1) is 11.8 Å². The Balaban J connectivity index is 2.40. The third-order valence-corrected chi connectivity index (χ3v) is 1.95. The zero-order chi connectivity index (χ0) is 9.90. The second-order valence-corrected chi connectivity index (χ2v) is 3.57. The van der Waals surface area contributed by atoms with E-state index in [-0.39, 0.29) is 6.10 Å². The highest BCUT2D eigenvalue weighted by Crippen LogP contribution is 2.24. The van der Waals surface area contributed by atoms with Crippen LogP contribution in [-0.2, 0) is 9.47 Å². The lowest BCUT2D eigenvalue weighted by Gasteiger charge is -2.19. The SMILES string of the molecule is CC#CCC(O)[C@H]1COC(C)(C)O1. The summed E-state index contributed by atoms with van der Waals surface area (Å²) in [4.78, 5) is 0. The van der Waals surface area contributed by atoms with Gasteiger partial charge in [-0.05, 0) is 20.8 Å². The monoisotopic (exact) mass is 184 g/mol. The van der Waals surface area contributed by atoms with E-state index in [0.29, 0.717) is 13.0 Å². The minimum absolute atomic E-state index is 0.240. The molecule has 0 aromatic heterocycles. The summed E-state index contributed by atoms with van der Waals surface area (Å²) in [6.07, 6.45) is -0.342. The van der Waals surface area contributed by atoms with Gasteiger partial charge in [-0.3, -0.25) is 0 Å². The van der Waals surface area contributed by atoms with Gasteiger partial charge in [0, 0.05) is 6.42 Å². The highest BCUT2D eigenvalue weighted by molar-refractivity contribution is 4.98. The van der Waals surface area contributed by atoms with Gasteiger partial charge in [-0.2, -0.15) is 0 Å². The van der Waals surface area contributed by atoms with Crippen LogP contribution in [0.5, 0.6) is 0 Å². The molecule has 0 aliphatic carbocycles. The third kappa shape index (κ3) is 3.00. The van der Waals surface area contributed by atoms with Gasteiger partial charge in [0.2, 0.25) is 0 Å². The van der Waals surface area contributed by atoms with Crippen LogP contribution >= 0.6 is 0 Å². The molecule has 0 aromatic carbocycles. The molecule has 3 nitrogen and oxygen atoms in total. The molecule has 0 bridgehead atoms. The van der Waals surface area contributed by atoms with Gasteiger partial charge in [0.25, 0.3) is 0 Å². The molecule has 3 heteroatoms. The van der Waals surface area contributed by atoms with Crippen molar-refractivity contribution in [2.45, 2.75) is 45.2 Å². The molecule has 13 heavy (non-hydrogen) atoms. The average molecular weight is 184 g/mol. The van der Waals surface area contributed by atoms with E-state index in [1.54, 1.807) is 6.92 Å². The number of hydrogen-bond donors (Lipinski definition) is 1. The van der Waals surface area contributed by atoms with Crippen LogP contribution in [0.1, 0.15) is 27.2 Å². The fraction of sp³-hybridized carbons (Fsp3) is 0.800. The predicted octanol–water partition coefficient (Wildman–Crippen LogP) is 0.912. The Kier molecular flexibility index (Phi) is 3.32. The van der Waals surface area contributed by atoms with Crippen molar-refractivity contribution in [3.63, 3.8) is 0 Å². The molecule has 1 unspecified atom stereocenters. The minimum atomic E-state index is -0.564. The van der Waals surface area contributed by atoms with Crippen molar-refractivity contribution in [3.05, 3.63) is 0 Å². The molecule has 1 fully saturated rings. The number of ether oxygens (including phenoxy) is 2. The molecule has 2 atom stereocenters. The van der Waals surface area contributed by atoms with E-state index >= 15 is 0 Å². The normalized spacial score (nSPS) is 27.8. The first-order valence-electron chi connectivity index (χ1n) is 4.44. The smallest absolute Gasteiger partial charge is 0.163 e. The quantitative estimate of drug-likeness (QED) is 0.648. The maximum absolute atomic E-state index is 9.60. The largest absolute Gasteiger partial charge is 0.389 e. The highest BCUT2D eigenvalue weighted by atomic mass is 16.7. The van der Waals surface area contributed by atoms with Crippen LogP contribution in [0.25, 0.3) is 0 Å². The molecule has 0 spiro atoms. The Morgan fingerprint density at radius 3 is 2.77 bits per heavy atom. The van der Waals surface area contributed by atoms with Gasteiger partial charge in [0.05, 0.1) is 12.7 Å². The molecule has 0 amide bonds. The first-order valence-corrected chi connectivity index (χ1v) is 4.44. The van der Waals surface area contributed by atoms with Gasteiger partial charge >= 0.3 is 0 Å². The first-order chi connectivity index (χ1) is 6.05. The predicted molar refractivity (Wildman–Crippen MR) is 49.0 cm³/mol. The van der Waals surface area contributed by atoms with Crippen LogP contribution in [0.15, 0.2) is 0 Å². The van der Waals surface area contributed by atoms with Crippen LogP contribution < -0.4 is 0 Å². The Hall–Kier alpha value is -0.560. The second kappa shape index (κ2) is 4.10. The van der Waals surface area contributed by atoms with Crippen LogP contribution in [-0.4, -0.2) is 29.7 Å². The van der Waals surface area contributed by atoms with Crippen LogP contribution in [0, 0.1) is 11.8 Å². The second-order valence-electron chi connectivity index (χ2n) is 3.57. The summed E-state index contributed by atoms with van der Waals surface area (Å²) in [6, 6.07) is 0. The summed E-state index contributed by atoms with van der Waals surface area (Å²) >= 11 is 0. The molecule has 1 saturated heterocycles. The lowest BCUT2D eigenvalue weighted by Crippen LogP contribution is -2.30. The molecule has 1 aliphatic rings. The molecule has 1 N–H and O–H groups in total. The lowest BCUT2D eigenvalue weighted by atomic mass is 10.1. The van der Waals surface area contributed by atoms with Crippen molar-refractivity contribution >= 4 is 0 Å². The summed E-state index contributed by atoms with van der Waals surface area (Å²) < 4.78 is 10.8. The number of hydrogen-bond acceptors (Lipinski definition) is 3. The van der Waals surface area contributed by atoms with Gasteiger partial charge in [-0.1, -0.05) is 0 Å². The summed E-state index contributed by atoms with van der Waals surface area (Å²) in [7, 11) is 0. The van der Waals surface area contributed by atoms with E-state index in [2.05, 4.69) is 11.8 Å². The van der Waals surface area contributed by atoms with Crippen molar-refractivity contribution in [1.82, 2.24) is 0 Å². The number of rotatable bonds is 2. The van der Waals surface area contributed by atoms with Crippen molar-refractivity contribution in [2.24, 2.45) is 0 Å². The van der Waals surface area contributed by atoms with E-state index in [4.69, 9.17) is 9.47 Å². The molecule has 0 saturated carbocycles. The molecular formula is C10H16O3. The maximum atomic E-state index is 9.60. The van der Waals surface area contributed by atoms with Crippen molar-refractivity contribution < 1.29 is 14.6 Å². The van der Waals surface area contributed by atoms with E-state index in [0.717, 1.165) is 0 Å². The molecule has 1 rings (SSSR count). The zero-order valence-corrected chi connectivity index (χ0v) is 8.33. The van der Waals surface area contributed by atoms with Crippen molar-refractivity contribution in [3.8, 4) is 11.8 Å². The molecule has 0 radical (unpaired) electrons. The Labute approximate surface area is 79.0 Å². The summed E-state index contributed by atoms with van der Waals surface area (Å²) in [6.45, 7) is 5.87.